The van der Waals surface area contributed by atoms with Crippen LogP contribution in [0.5, 0.6) is 0 Å². The van der Waals surface area contributed by atoms with Crippen molar-refractivity contribution in [1.82, 2.24) is 9.55 Å². The van der Waals surface area contributed by atoms with E-state index in [1.807, 2.05) is 12.5 Å². The molecule has 1 atom stereocenters. The van der Waals surface area contributed by atoms with Gasteiger partial charge in [0.05, 0.1) is 0 Å². The topological polar surface area (TPSA) is 17.8 Å². The van der Waals surface area contributed by atoms with Crippen molar-refractivity contribution in [3.05, 3.63) is 75.1 Å². The Bertz CT molecular complexity index is 776. The van der Waals surface area contributed by atoms with E-state index in [-0.39, 0.29) is 24.8 Å². The van der Waals surface area contributed by atoms with Gasteiger partial charge >= 0.3 is 137 Å². The van der Waals surface area contributed by atoms with E-state index in [2.05, 4.69) is 65.2 Å². The number of hydrogen-bond donors (Lipinski definition) is 0. The molecule has 1 heterocycles. The standard InChI is InChI=1S/C12H9N2.C6H7.2ClH.Zr/c1-2-4-11-8-12(7-10(11)3-1)14-6-5-13-9-14;1-6-4-2-3-5-6;;;/h1-9H;2,4H,3H2,1H3;2*1H;/q;;;;+2/p-2. The van der Waals surface area contributed by atoms with E-state index in [1.54, 1.807) is 3.28 Å². The quantitative estimate of drug-likeness (QED) is 0.575. The number of allylic oxidation sites excluding steroid dienone is 5. The molecule has 0 fully saturated rings. The minimum Gasteiger partial charge on any atom is -1.00 e. The average Bonchev–Trinajstić information content (AvgIpc) is 3.21. The normalized spacial score (nSPS) is 18.0. The van der Waals surface area contributed by atoms with E-state index in [9.17, 15) is 0 Å². The molecule has 0 saturated carbocycles. The maximum absolute atomic E-state index is 4.23. The Morgan fingerprint density at radius 1 is 1.22 bits per heavy atom. The summed E-state index contributed by atoms with van der Waals surface area (Å²) in [6, 6.07) is 8.85. The molecule has 1 unspecified atom stereocenters. The molecule has 5 heteroatoms. The molecule has 0 aliphatic heterocycles. The Morgan fingerprint density at radius 2 is 2.04 bits per heavy atom. The Balaban J connectivity index is 0.000000960. The molecular weight excluding hydrogens is 406 g/mol. The SMILES string of the molecule is CC1=[C]([Zr+2][CH]2C(n3ccnc3)=Cc3ccccc32)CC=C1.[Cl-].[Cl-]. The van der Waals surface area contributed by atoms with Gasteiger partial charge in [-0.25, -0.2) is 0 Å². The molecule has 2 nitrogen and oxygen atoms in total. The Morgan fingerprint density at radius 3 is 2.74 bits per heavy atom. The van der Waals surface area contributed by atoms with Gasteiger partial charge in [0.2, 0.25) is 0 Å². The van der Waals surface area contributed by atoms with Gasteiger partial charge in [-0.15, -0.1) is 0 Å². The van der Waals surface area contributed by atoms with Crippen LogP contribution in [-0.4, -0.2) is 9.55 Å². The van der Waals surface area contributed by atoms with Crippen LogP contribution in [0.25, 0.3) is 11.8 Å². The summed E-state index contributed by atoms with van der Waals surface area (Å²) >= 11 is -0.688. The van der Waals surface area contributed by atoms with Gasteiger partial charge in [0.25, 0.3) is 0 Å². The van der Waals surface area contributed by atoms with Gasteiger partial charge in [-0.1, -0.05) is 0 Å². The summed E-state index contributed by atoms with van der Waals surface area (Å²) in [4.78, 5) is 4.23. The number of hydrogen-bond acceptors (Lipinski definition) is 1. The van der Waals surface area contributed by atoms with Gasteiger partial charge in [-0.3, -0.25) is 0 Å². The van der Waals surface area contributed by atoms with Crippen LogP contribution in [0.15, 0.2) is 64.0 Å². The molecule has 23 heavy (non-hydrogen) atoms. The largest absolute Gasteiger partial charge is 1.00 e. The Hall–Kier alpha value is -0.887. The molecule has 0 amide bonds. The predicted octanol–water partition coefficient (Wildman–Crippen LogP) is -1.74. The van der Waals surface area contributed by atoms with Crippen LogP contribution < -0.4 is 24.8 Å². The van der Waals surface area contributed by atoms with Crippen LogP contribution in [-0.2, 0) is 23.2 Å². The van der Waals surface area contributed by atoms with Crippen molar-refractivity contribution < 1.29 is 48.0 Å². The summed E-state index contributed by atoms with van der Waals surface area (Å²) in [6.07, 6.45) is 14.0. The third kappa shape index (κ3) is 3.47. The predicted molar refractivity (Wildman–Crippen MR) is 82.0 cm³/mol. The minimum atomic E-state index is -0.688. The number of halogens is 2. The fourth-order valence-electron chi connectivity index (χ4n) is 3.06. The zero-order valence-electron chi connectivity index (χ0n) is 12.7. The van der Waals surface area contributed by atoms with E-state index >= 15 is 0 Å². The van der Waals surface area contributed by atoms with Gasteiger partial charge in [0.15, 0.2) is 0 Å². The fraction of sp³-hybridized carbons (Fsp3) is 0.167. The van der Waals surface area contributed by atoms with Crippen LogP contribution in [0.3, 0.4) is 0 Å². The molecule has 2 aliphatic rings. The monoisotopic (exact) mass is 420 g/mol. The van der Waals surface area contributed by atoms with Gasteiger partial charge < -0.3 is 24.8 Å². The van der Waals surface area contributed by atoms with Crippen LogP contribution in [0.4, 0.5) is 0 Å². The van der Waals surface area contributed by atoms with Crippen molar-refractivity contribution >= 4 is 11.8 Å². The summed E-state index contributed by atoms with van der Waals surface area (Å²) in [5.41, 5.74) is 5.82. The summed E-state index contributed by atoms with van der Waals surface area (Å²) in [7, 11) is 0. The molecule has 0 radical (unpaired) electrons. The van der Waals surface area contributed by atoms with Gasteiger partial charge in [-0.05, 0) is 0 Å². The molecule has 116 valence electrons. The van der Waals surface area contributed by atoms with Crippen molar-refractivity contribution in [1.29, 1.82) is 0 Å². The molecular formula is C18H16Cl2N2Zr. The molecule has 0 saturated heterocycles. The minimum absolute atomic E-state index is 0. The van der Waals surface area contributed by atoms with Crippen molar-refractivity contribution in [2.24, 2.45) is 0 Å². The third-order valence-electron chi connectivity index (χ3n) is 4.19. The molecule has 1 aromatic carbocycles. The van der Waals surface area contributed by atoms with Crippen molar-refractivity contribution in [3.63, 3.8) is 0 Å². The van der Waals surface area contributed by atoms with Crippen molar-refractivity contribution in [2.45, 2.75) is 17.0 Å². The van der Waals surface area contributed by atoms with Crippen LogP contribution in [0.1, 0.15) is 28.1 Å². The molecule has 0 N–H and O–H groups in total. The second kappa shape index (κ2) is 7.79. The van der Waals surface area contributed by atoms with Crippen molar-refractivity contribution in [2.75, 3.05) is 0 Å². The van der Waals surface area contributed by atoms with Crippen LogP contribution in [0.2, 0.25) is 0 Å². The Labute approximate surface area is 160 Å². The first-order valence-electron chi connectivity index (χ1n) is 7.24. The fourth-order valence-corrected chi connectivity index (χ4v) is 7.22. The third-order valence-corrected chi connectivity index (χ3v) is 8.72. The first kappa shape index (κ1) is 18.5. The maximum Gasteiger partial charge on any atom is -1.00 e. The molecule has 0 bridgehead atoms. The Kier molecular flexibility index (Phi) is 6.25. The average molecular weight is 422 g/mol. The van der Waals surface area contributed by atoms with E-state index in [0.717, 1.165) is 0 Å². The summed E-state index contributed by atoms with van der Waals surface area (Å²) in [6.45, 7) is 2.27. The number of aromatic nitrogens is 2. The zero-order chi connectivity index (χ0) is 14.2. The zero-order valence-corrected chi connectivity index (χ0v) is 16.7. The number of benzene rings is 1. The number of imidazole rings is 1. The molecule has 1 aromatic heterocycles. The van der Waals surface area contributed by atoms with E-state index in [4.69, 9.17) is 0 Å². The van der Waals surface area contributed by atoms with Gasteiger partial charge in [-0.2, -0.15) is 0 Å². The summed E-state index contributed by atoms with van der Waals surface area (Å²) < 4.78 is 4.53. The van der Waals surface area contributed by atoms with Gasteiger partial charge in [0.1, 0.15) is 0 Å². The second-order valence-electron chi connectivity index (χ2n) is 5.51. The molecule has 2 aliphatic carbocycles. The first-order chi connectivity index (χ1) is 10.3. The molecule has 4 rings (SSSR count). The van der Waals surface area contributed by atoms with E-state index < -0.39 is 23.2 Å². The number of fused-ring (bicyclic) bond motifs is 1. The van der Waals surface area contributed by atoms with E-state index in [1.165, 1.54) is 28.8 Å². The van der Waals surface area contributed by atoms with Crippen LogP contribution >= 0.6 is 0 Å². The second-order valence-corrected chi connectivity index (χ2v) is 9.13. The first-order valence-corrected chi connectivity index (χ1v) is 9.89. The van der Waals surface area contributed by atoms with Crippen LogP contribution in [0, 0.1) is 0 Å². The maximum atomic E-state index is 4.23. The number of nitrogens with zero attached hydrogens (tertiary/aromatic N) is 2. The van der Waals surface area contributed by atoms with Crippen molar-refractivity contribution in [3.8, 4) is 0 Å². The molecule has 2 aromatic rings. The van der Waals surface area contributed by atoms with Gasteiger partial charge in [0, 0.05) is 0 Å². The smallest absolute Gasteiger partial charge is 1.00 e. The number of rotatable bonds is 3. The van der Waals surface area contributed by atoms with E-state index in [0.29, 0.717) is 3.63 Å². The molecule has 0 spiro atoms. The summed E-state index contributed by atoms with van der Waals surface area (Å²) in [5, 5.41) is 0. The summed E-state index contributed by atoms with van der Waals surface area (Å²) in [5.74, 6) is 0.